The highest BCUT2D eigenvalue weighted by Gasteiger charge is 2.23. The molecule has 0 unspecified atom stereocenters. The van der Waals surface area contributed by atoms with Gasteiger partial charge in [0.25, 0.3) is 5.56 Å². The van der Waals surface area contributed by atoms with Gasteiger partial charge in [0, 0.05) is 24.2 Å². The number of carbonyl (C=O) groups excluding carboxylic acids is 1. The second-order valence-electron chi connectivity index (χ2n) is 5.39. The van der Waals surface area contributed by atoms with E-state index in [0.717, 1.165) is 17.7 Å². The molecule has 1 aromatic heterocycles. The number of aromatic nitrogens is 1. The van der Waals surface area contributed by atoms with E-state index in [4.69, 9.17) is 4.74 Å². The van der Waals surface area contributed by atoms with E-state index in [9.17, 15) is 14.0 Å². The van der Waals surface area contributed by atoms with Crippen LogP contribution in [0.3, 0.4) is 0 Å². The maximum atomic E-state index is 13.0. The number of nitrogens with zero attached hydrogens (tertiary/aromatic N) is 1. The van der Waals surface area contributed by atoms with Crippen LogP contribution >= 0.6 is 0 Å². The van der Waals surface area contributed by atoms with Crippen LogP contribution < -0.4 is 5.56 Å². The molecule has 0 saturated heterocycles. The van der Waals surface area contributed by atoms with Gasteiger partial charge in [0.1, 0.15) is 5.82 Å². The fraction of sp³-hybridized carbons (Fsp3) is 0.294. The number of carbonyl (C=O) groups is 1. The van der Waals surface area contributed by atoms with E-state index in [2.05, 4.69) is 0 Å². The Morgan fingerprint density at radius 2 is 2.05 bits per heavy atom. The van der Waals surface area contributed by atoms with Gasteiger partial charge in [0.05, 0.1) is 12.7 Å². The summed E-state index contributed by atoms with van der Waals surface area (Å²) in [5.41, 5.74) is 2.48. The second-order valence-corrected chi connectivity index (χ2v) is 5.39. The third-order valence-corrected chi connectivity index (χ3v) is 3.98. The zero-order valence-corrected chi connectivity index (χ0v) is 12.3. The first-order chi connectivity index (χ1) is 10.6. The molecule has 4 nitrogen and oxygen atoms in total. The Labute approximate surface area is 127 Å². The van der Waals surface area contributed by atoms with Crippen LogP contribution in [0.4, 0.5) is 4.39 Å². The SMILES string of the molecule is COC(=O)c1cc(Cc2ccc(F)cc2)c(=O)n2c1CCC2. The van der Waals surface area contributed by atoms with Crippen LogP contribution in [-0.4, -0.2) is 17.6 Å². The predicted molar refractivity (Wildman–Crippen MR) is 79.6 cm³/mol. The van der Waals surface area contributed by atoms with Crippen molar-refractivity contribution in [2.45, 2.75) is 25.8 Å². The molecule has 0 spiro atoms. The van der Waals surface area contributed by atoms with E-state index in [1.165, 1.54) is 19.2 Å². The zero-order valence-electron chi connectivity index (χ0n) is 12.3. The molecule has 1 aromatic carbocycles. The van der Waals surface area contributed by atoms with Gasteiger partial charge in [-0.05, 0) is 36.6 Å². The van der Waals surface area contributed by atoms with Gasteiger partial charge < -0.3 is 9.30 Å². The van der Waals surface area contributed by atoms with E-state index < -0.39 is 5.97 Å². The molecule has 0 radical (unpaired) electrons. The van der Waals surface area contributed by atoms with Crippen LogP contribution in [0.5, 0.6) is 0 Å². The van der Waals surface area contributed by atoms with Crippen molar-refractivity contribution in [1.82, 2.24) is 4.57 Å². The monoisotopic (exact) mass is 301 g/mol. The summed E-state index contributed by atoms with van der Waals surface area (Å²) in [6.07, 6.45) is 1.92. The molecule has 0 bridgehead atoms. The summed E-state index contributed by atoms with van der Waals surface area (Å²) in [5, 5.41) is 0. The van der Waals surface area contributed by atoms with Crippen LogP contribution in [0, 0.1) is 5.82 Å². The summed E-state index contributed by atoms with van der Waals surface area (Å²) in [6.45, 7) is 0.620. The van der Waals surface area contributed by atoms with Gasteiger partial charge in [-0.2, -0.15) is 0 Å². The highest BCUT2D eigenvalue weighted by atomic mass is 19.1. The average Bonchev–Trinajstić information content (AvgIpc) is 3.01. The van der Waals surface area contributed by atoms with E-state index in [0.29, 0.717) is 30.5 Å². The minimum Gasteiger partial charge on any atom is -0.465 e. The summed E-state index contributed by atoms with van der Waals surface area (Å²) in [6, 6.07) is 7.63. The van der Waals surface area contributed by atoms with Crippen molar-refractivity contribution in [2.75, 3.05) is 7.11 Å². The quantitative estimate of drug-likeness (QED) is 0.817. The molecule has 0 amide bonds. The number of ether oxygens (including phenoxy) is 1. The maximum Gasteiger partial charge on any atom is 0.339 e. The van der Waals surface area contributed by atoms with Gasteiger partial charge in [-0.1, -0.05) is 12.1 Å². The highest BCUT2D eigenvalue weighted by Crippen LogP contribution is 2.20. The lowest BCUT2D eigenvalue weighted by Gasteiger charge is -2.11. The Hall–Kier alpha value is -2.43. The Bertz CT molecular complexity index is 778. The Morgan fingerprint density at radius 1 is 1.32 bits per heavy atom. The normalized spacial score (nSPS) is 13.0. The number of pyridine rings is 1. The van der Waals surface area contributed by atoms with Crippen molar-refractivity contribution >= 4 is 5.97 Å². The number of methoxy groups -OCH3 is 1. The van der Waals surface area contributed by atoms with Crippen molar-refractivity contribution in [3.05, 3.63) is 68.9 Å². The van der Waals surface area contributed by atoms with Gasteiger partial charge in [-0.25, -0.2) is 9.18 Å². The molecule has 2 heterocycles. The molecule has 0 N–H and O–H groups in total. The number of benzene rings is 1. The van der Waals surface area contributed by atoms with E-state index in [-0.39, 0.29) is 11.4 Å². The molecule has 114 valence electrons. The Kier molecular flexibility index (Phi) is 3.79. The van der Waals surface area contributed by atoms with Crippen LogP contribution in [-0.2, 0) is 24.1 Å². The van der Waals surface area contributed by atoms with Crippen LogP contribution in [0.25, 0.3) is 0 Å². The van der Waals surface area contributed by atoms with Crippen molar-refractivity contribution < 1.29 is 13.9 Å². The third kappa shape index (κ3) is 2.54. The standard InChI is InChI=1S/C17H16FNO3/c1-22-17(21)14-10-12(9-11-4-6-13(18)7-5-11)16(20)19-8-2-3-15(14)19/h4-7,10H,2-3,8-9H2,1H3. The number of rotatable bonds is 3. The van der Waals surface area contributed by atoms with Crippen molar-refractivity contribution in [1.29, 1.82) is 0 Å². The smallest absolute Gasteiger partial charge is 0.339 e. The lowest BCUT2D eigenvalue weighted by atomic mass is 10.0. The largest absolute Gasteiger partial charge is 0.465 e. The molecule has 2 aromatic rings. The van der Waals surface area contributed by atoms with E-state index in [1.54, 1.807) is 22.8 Å². The second kappa shape index (κ2) is 5.75. The topological polar surface area (TPSA) is 48.3 Å². The minimum absolute atomic E-state index is 0.0792. The molecule has 1 aliphatic rings. The van der Waals surface area contributed by atoms with Crippen molar-refractivity contribution in [3.63, 3.8) is 0 Å². The first-order valence-corrected chi connectivity index (χ1v) is 7.18. The highest BCUT2D eigenvalue weighted by molar-refractivity contribution is 5.90. The predicted octanol–water partition coefficient (Wildman–Crippen LogP) is 2.31. The summed E-state index contributed by atoms with van der Waals surface area (Å²) >= 11 is 0. The van der Waals surface area contributed by atoms with Crippen LogP contribution in [0.2, 0.25) is 0 Å². The van der Waals surface area contributed by atoms with Crippen molar-refractivity contribution in [3.8, 4) is 0 Å². The van der Waals surface area contributed by atoms with Crippen LogP contribution in [0.1, 0.15) is 33.6 Å². The molecule has 5 heteroatoms. The summed E-state index contributed by atoms with van der Waals surface area (Å²) in [7, 11) is 1.33. The molecular formula is C17H16FNO3. The summed E-state index contributed by atoms with van der Waals surface area (Å²) in [5.74, 6) is -0.740. The fourth-order valence-corrected chi connectivity index (χ4v) is 2.91. The molecule has 0 atom stereocenters. The summed E-state index contributed by atoms with van der Waals surface area (Å²) in [4.78, 5) is 24.5. The molecule has 0 saturated carbocycles. The third-order valence-electron chi connectivity index (χ3n) is 3.98. The van der Waals surface area contributed by atoms with Gasteiger partial charge in [0.15, 0.2) is 0 Å². The Morgan fingerprint density at radius 3 is 2.73 bits per heavy atom. The number of esters is 1. The Balaban J connectivity index is 2.06. The average molecular weight is 301 g/mol. The van der Waals surface area contributed by atoms with Crippen molar-refractivity contribution in [2.24, 2.45) is 0 Å². The van der Waals surface area contributed by atoms with Gasteiger partial charge >= 0.3 is 5.97 Å². The first kappa shape index (κ1) is 14.5. The molecule has 3 rings (SSSR count). The van der Waals surface area contributed by atoms with Gasteiger partial charge in [-0.15, -0.1) is 0 Å². The van der Waals surface area contributed by atoms with Gasteiger partial charge in [-0.3, -0.25) is 4.79 Å². The number of fused-ring (bicyclic) bond motifs is 1. The zero-order chi connectivity index (χ0) is 15.7. The number of halogens is 1. The fourth-order valence-electron chi connectivity index (χ4n) is 2.91. The number of hydrogen-bond acceptors (Lipinski definition) is 3. The molecule has 22 heavy (non-hydrogen) atoms. The molecule has 0 aliphatic carbocycles. The van der Waals surface area contributed by atoms with E-state index >= 15 is 0 Å². The lowest BCUT2D eigenvalue weighted by Crippen LogP contribution is -2.26. The summed E-state index contributed by atoms with van der Waals surface area (Å²) < 4.78 is 19.4. The molecule has 0 fully saturated rings. The maximum absolute atomic E-state index is 13.0. The minimum atomic E-state index is -0.425. The molecular weight excluding hydrogens is 285 g/mol. The first-order valence-electron chi connectivity index (χ1n) is 7.18. The van der Waals surface area contributed by atoms with Crippen LogP contribution in [0.15, 0.2) is 35.1 Å². The van der Waals surface area contributed by atoms with E-state index in [1.807, 2.05) is 0 Å². The number of hydrogen-bond donors (Lipinski definition) is 0. The lowest BCUT2D eigenvalue weighted by molar-refractivity contribution is 0.0598. The van der Waals surface area contributed by atoms with Gasteiger partial charge in [0.2, 0.25) is 0 Å². The molecule has 1 aliphatic heterocycles.